The number of amides is 1. The smallest absolute Gasteiger partial charge is 0.257 e. The maximum atomic E-state index is 12.8. The van der Waals surface area contributed by atoms with Gasteiger partial charge in [0.1, 0.15) is 11.5 Å². The van der Waals surface area contributed by atoms with Gasteiger partial charge in [-0.15, -0.1) is 0 Å². The van der Waals surface area contributed by atoms with Crippen LogP contribution >= 0.6 is 0 Å². The van der Waals surface area contributed by atoms with Gasteiger partial charge in [0.25, 0.3) is 5.91 Å². The number of rotatable bonds is 8. The maximum Gasteiger partial charge on any atom is 0.257 e. The average Bonchev–Trinajstić information content (AvgIpc) is 2.74. The van der Waals surface area contributed by atoms with Gasteiger partial charge in [-0.2, -0.15) is 0 Å². The summed E-state index contributed by atoms with van der Waals surface area (Å²) in [6.45, 7) is 10.6. The van der Waals surface area contributed by atoms with Gasteiger partial charge in [0, 0.05) is 18.4 Å². The summed E-state index contributed by atoms with van der Waals surface area (Å²) >= 11 is 0. The van der Waals surface area contributed by atoms with E-state index in [1.54, 1.807) is 6.07 Å². The molecule has 1 aromatic heterocycles. The van der Waals surface area contributed by atoms with Crippen LogP contribution in [0, 0.1) is 6.92 Å². The Morgan fingerprint density at radius 3 is 2.52 bits per heavy atom. The van der Waals surface area contributed by atoms with Crippen LogP contribution in [0.3, 0.4) is 0 Å². The Kier molecular flexibility index (Phi) is 7.42. The normalized spacial score (nSPS) is 11.9. The average molecular weight is 419 g/mol. The number of para-hydroxylation sites is 1. The van der Waals surface area contributed by atoms with Crippen molar-refractivity contribution in [2.24, 2.45) is 0 Å². The number of ether oxygens (including phenoxy) is 2. The van der Waals surface area contributed by atoms with E-state index in [-0.39, 0.29) is 12.0 Å². The lowest BCUT2D eigenvalue weighted by Crippen LogP contribution is -2.15. The van der Waals surface area contributed by atoms with Crippen molar-refractivity contribution < 1.29 is 14.3 Å². The van der Waals surface area contributed by atoms with E-state index in [1.807, 2.05) is 69.3 Å². The highest BCUT2D eigenvalue weighted by Gasteiger charge is 2.15. The van der Waals surface area contributed by atoms with Crippen LogP contribution in [0.4, 0.5) is 5.69 Å². The summed E-state index contributed by atoms with van der Waals surface area (Å²) in [6.07, 6.45) is -0.108. The number of hydrogen-bond donors (Lipinski definition) is 1. The number of pyridine rings is 1. The quantitative estimate of drug-likeness (QED) is 0.444. The number of aryl methyl sites for hydroxylation is 1. The van der Waals surface area contributed by atoms with Crippen molar-refractivity contribution in [1.29, 1.82) is 0 Å². The van der Waals surface area contributed by atoms with Crippen LogP contribution < -0.4 is 10.1 Å². The molecule has 0 bridgehead atoms. The van der Waals surface area contributed by atoms with Crippen molar-refractivity contribution in [3.05, 3.63) is 83.2 Å². The number of anilines is 1. The topological polar surface area (TPSA) is 60.5 Å². The number of aromatic nitrogens is 1. The summed E-state index contributed by atoms with van der Waals surface area (Å²) in [7, 11) is 0. The molecule has 0 spiro atoms. The summed E-state index contributed by atoms with van der Waals surface area (Å²) in [5.74, 6) is 1.63. The molecule has 2 aromatic carbocycles. The zero-order chi connectivity index (χ0) is 22.4. The maximum absolute atomic E-state index is 12.8. The van der Waals surface area contributed by atoms with E-state index < -0.39 is 0 Å². The molecule has 3 aromatic rings. The standard InChI is InChI=1S/C26H30N2O3/c1-6-30-19(5)24-15-14-23(18(4)27-24)26(29)28-20-10-9-11-21(16-20)31-25-13-8-7-12-22(25)17(2)3/h7-17,19H,6H2,1-5H3,(H,28,29). The fourth-order valence-corrected chi connectivity index (χ4v) is 3.40. The first-order chi connectivity index (χ1) is 14.9. The highest BCUT2D eigenvalue weighted by atomic mass is 16.5. The molecular formula is C26H30N2O3. The van der Waals surface area contributed by atoms with E-state index in [9.17, 15) is 4.79 Å². The van der Waals surface area contributed by atoms with E-state index in [0.29, 0.717) is 35.2 Å². The minimum Gasteiger partial charge on any atom is -0.457 e. The predicted octanol–water partition coefficient (Wildman–Crippen LogP) is 6.66. The number of nitrogens with zero attached hydrogens (tertiary/aromatic N) is 1. The van der Waals surface area contributed by atoms with E-state index >= 15 is 0 Å². The van der Waals surface area contributed by atoms with Gasteiger partial charge in [0.2, 0.25) is 0 Å². The molecule has 0 aliphatic heterocycles. The summed E-state index contributed by atoms with van der Waals surface area (Å²) in [4.78, 5) is 17.4. The second-order valence-corrected chi connectivity index (χ2v) is 7.74. The first-order valence-corrected chi connectivity index (χ1v) is 10.7. The summed E-state index contributed by atoms with van der Waals surface area (Å²) < 4.78 is 11.7. The Hall–Kier alpha value is -3.18. The van der Waals surface area contributed by atoms with Crippen LogP contribution in [0.2, 0.25) is 0 Å². The zero-order valence-electron chi connectivity index (χ0n) is 18.8. The molecule has 3 rings (SSSR count). The molecule has 31 heavy (non-hydrogen) atoms. The molecule has 5 heteroatoms. The van der Waals surface area contributed by atoms with Gasteiger partial charge < -0.3 is 14.8 Å². The Morgan fingerprint density at radius 2 is 1.81 bits per heavy atom. The van der Waals surface area contributed by atoms with Gasteiger partial charge in [-0.25, -0.2) is 0 Å². The molecule has 0 aliphatic rings. The van der Waals surface area contributed by atoms with Crippen LogP contribution in [0.1, 0.15) is 67.0 Å². The van der Waals surface area contributed by atoms with E-state index in [2.05, 4.69) is 30.2 Å². The largest absolute Gasteiger partial charge is 0.457 e. The minimum atomic E-state index is -0.208. The monoisotopic (exact) mass is 418 g/mol. The van der Waals surface area contributed by atoms with Crippen molar-refractivity contribution in [1.82, 2.24) is 4.98 Å². The molecule has 162 valence electrons. The van der Waals surface area contributed by atoms with Crippen molar-refractivity contribution in [3.8, 4) is 11.5 Å². The van der Waals surface area contributed by atoms with Gasteiger partial charge in [-0.05, 0) is 62.6 Å². The Labute approximate surface area is 184 Å². The third-order valence-corrected chi connectivity index (χ3v) is 5.05. The second-order valence-electron chi connectivity index (χ2n) is 7.74. The third kappa shape index (κ3) is 5.70. The van der Waals surface area contributed by atoms with E-state index in [1.165, 1.54) is 0 Å². The van der Waals surface area contributed by atoms with Crippen LogP contribution in [0.15, 0.2) is 60.7 Å². The van der Waals surface area contributed by atoms with Gasteiger partial charge in [0.05, 0.1) is 23.1 Å². The summed E-state index contributed by atoms with van der Waals surface area (Å²) in [5.41, 5.74) is 3.81. The Balaban J connectivity index is 1.75. The molecule has 0 fully saturated rings. The van der Waals surface area contributed by atoms with Crippen molar-refractivity contribution in [2.75, 3.05) is 11.9 Å². The first kappa shape index (κ1) is 22.5. The van der Waals surface area contributed by atoms with Crippen molar-refractivity contribution >= 4 is 11.6 Å². The lowest BCUT2D eigenvalue weighted by atomic mass is 10.0. The fourth-order valence-electron chi connectivity index (χ4n) is 3.40. The number of carbonyl (C=O) groups is 1. The third-order valence-electron chi connectivity index (χ3n) is 5.05. The molecule has 1 heterocycles. The second kappa shape index (κ2) is 10.2. The summed E-state index contributed by atoms with van der Waals surface area (Å²) in [5, 5.41) is 2.95. The molecule has 1 atom stereocenters. The molecule has 1 N–H and O–H groups in total. The van der Waals surface area contributed by atoms with Gasteiger partial charge in [-0.3, -0.25) is 9.78 Å². The molecule has 0 saturated carbocycles. The van der Waals surface area contributed by atoms with Crippen molar-refractivity contribution in [3.63, 3.8) is 0 Å². The summed E-state index contributed by atoms with van der Waals surface area (Å²) in [6, 6.07) is 19.0. The molecular weight excluding hydrogens is 388 g/mol. The van der Waals surface area contributed by atoms with Gasteiger partial charge in [0.15, 0.2) is 0 Å². The van der Waals surface area contributed by atoms with Crippen LogP contribution in [0.25, 0.3) is 0 Å². The number of hydrogen-bond acceptors (Lipinski definition) is 4. The van der Waals surface area contributed by atoms with Crippen LogP contribution in [0.5, 0.6) is 11.5 Å². The lowest BCUT2D eigenvalue weighted by Gasteiger charge is -2.15. The molecule has 1 amide bonds. The highest BCUT2D eigenvalue weighted by Crippen LogP contribution is 2.31. The molecule has 5 nitrogen and oxygen atoms in total. The molecule has 0 radical (unpaired) electrons. The van der Waals surface area contributed by atoms with Gasteiger partial charge >= 0.3 is 0 Å². The Morgan fingerprint density at radius 1 is 1.03 bits per heavy atom. The minimum absolute atomic E-state index is 0.108. The number of benzene rings is 2. The highest BCUT2D eigenvalue weighted by molar-refractivity contribution is 6.05. The molecule has 0 aliphatic carbocycles. The van der Waals surface area contributed by atoms with E-state index in [4.69, 9.17) is 9.47 Å². The number of nitrogens with one attached hydrogen (secondary N) is 1. The predicted molar refractivity (Wildman–Crippen MR) is 124 cm³/mol. The SMILES string of the molecule is CCOC(C)c1ccc(C(=O)Nc2cccc(Oc3ccccc3C(C)C)c2)c(C)n1. The van der Waals surface area contributed by atoms with Crippen molar-refractivity contribution in [2.45, 2.75) is 46.6 Å². The van der Waals surface area contributed by atoms with Crippen LogP contribution in [-0.2, 0) is 4.74 Å². The Bertz CT molecular complexity index is 1050. The molecule has 1 unspecified atom stereocenters. The van der Waals surface area contributed by atoms with Crippen LogP contribution in [-0.4, -0.2) is 17.5 Å². The van der Waals surface area contributed by atoms with Gasteiger partial charge in [-0.1, -0.05) is 38.1 Å². The van der Waals surface area contributed by atoms with E-state index in [0.717, 1.165) is 17.0 Å². The molecule has 0 saturated heterocycles. The lowest BCUT2D eigenvalue weighted by molar-refractivity contribution is 0.0732. The first-order valence-electron chi connectivity index (χ1n) is 10.7. The number of carbonyl (C=O) groups excluding carboxylic acids is 1. The fraction of sp³-hybridized carbons (Fsp3) is 0.308. The zero-order valence-corrected chi connectivity index (χ0v) is 18.8.